The van der Waals surface area contributed by atoms with Crippen LogP contribution >= 0.6 is 0 Å². The van der Waals surface area contributed by atoms with Gasteiger partial charge in [-0.25, -0.2) is 0 Å². The van der Waals surface area contributed by atoms with Gasteiger partial charge in [-0.3, -0.25) is 4.90 Å². The molecule has 0 N–H and O–H groups in total. The molecule has 7 heteroatoms. The molecule has 26 heavy (non-hydrogen) atoms. The molecule has 1 unspecified atom stereocenters. The van der Waals surface area contributed by atoms with Crippen LogP contribution in [0.4, 0.5) is 13.2 Å². The molecule has 1 saturated heterocycles. The van der Waals surface area contributed by atoms with E-state index in [0.29, 0.717) is 18.0 Å². The molecule has 1 heterocycles. The second-order valence-corrected chi connectivity index (χ2v) is 10.1. The number of benzene rings is 1. The molecule has 2 fully saturated rings. The molecule has 1 aromatic carbocycles. The number of rotatable bonds is 3. The number of likely N-dealkylation sites (tertiary alicyclic amines) is 1. The number of hydrogen-bond acceptors (Lipinski definition) is 3. The van der Waals surface area contributed by atoms with Gasteiger partial charge < -0.3 is 4.55 Å². The first-order valence-electron chi connectivity index (χ1n) is 8.92. The minimum absolute atomic E-state index is 0.284. The standard InChI is InChI=1S/C19H25F3N2OS/c1-18(2,3)26(25)23-17-8-7-14-11-24(12-16(14)17)10-13-5-4-6-15(9-13)19(20,21)22/h4-6,9,14,16H,7-8,10-12H2,1-3H3/b23-17-/t14-,16+,26?/m1/s1. The van der Waals surface area contributed by atoms with E-state index >= 15 is 0 Å². The van der Waals surface area contributed by atoms with Crippen molar-refractivity contribution in [1.29, 1.82) is 0 Å². The zero-order valence-corrected chi connectivity index (χ0v) is 16.2. The fourth-order valence-corrected chi connectivity index (χ4v) is 4.45. The van der Waals surface area contributed by atoms with Crippen LogP contribution in [0.3, 0.4) is 0 Å². The monoisotopic (exact) mass is 386 g/mol. The van der Waals surface area contributed by atoms with E-state index in [1.807, 2.05) is 20.8 Å². The molecule has 144 valence electrons. The summed E-state index contributed by atoms with van der Waals surface area (Å²) in [5.74, 6) is 0.753. The highest BCUT2D eigenvalue weighted by Gasteiger charge is 2.42. The Morgan fingerprint density at radius 2 is 1.96 bits per heavy atom. The Hall–Kier alpha value is -1.05. The molecule has 1 saturated carbocycles. The second kappa shape index (κ2) is 7.17. The van der Waals surface area contributed by atoms with Gasteiger partial charge in [0.15, 0.2) is 0 Å². The van der Waals surface area contributed by atoms with E-state index < -0.39 is 23.1 Å². The quantitative estimate of drug-likeness (QED) is 0.720. The maximum Gasteiger partial charge on any atom is 0.416 e. The van der Waals surface area contributed by atoms with Crippen molar-refractivity contribution >= 4 is 17.1 Å². The Kier molecular flexibility index (Phi) is 5.43. The fourth-order valence-electron chi connectivity index (χ4n) is 3.74. The molecule has 1 aromatic rings. The second-order valence-electron chi connectivity index (χ2n) is 8.24. The first-order valence-corrected chi connectivity index (χ1v) is 10.0. The Labute approximate surface area is 156 Å². The summed E-state index contributed by atoms with van der Waals surface area (Å²) in [6, 6.07) is 5.55. The van der Waals surface area contributed by atoms with E-state index in [0.717, 1.165) is 37.7 Å². The van der Waals surface area contributed by atoms with Gasteiger partial charge in [-0.15, -0.1) is 0 Å². The van der Waals surface area contributed by atoms with Crippen LogP contribution in [0.5, 0.6) is 0 Å². The van der Waals surface area contributed by atoms with Crippen molar-refractivity contribution < 1.29 is 17.7 Å². The molecule has 0 radical (unpaired) electrons. The van der Waals surface area contributed by atoms with E-state index in [2.05, 4.69) is 9.30 Å². The first-order chi connectivity index (χ1) is 12.0. The summed E-state index contributed by atoms with van der Waals surface area (Å²) in [5.41, 5.74) is 1.10. The van der Waals surface area contributed by atoms with Crippen molar-refractivity contribution in [3.63, 3.8) is 0 Å². The van der Waals surface area contributed by atoms with Gasteiger partial charge in [0, 0.05) is 25.6 Å². The summed E-state index contributed by atoms with van der Waals surface area (Å²) in [6.45, 7) is 7.88. The predicted molar refractivity (Wildman–Crippen MR) is 98.3 cm³/mol. The van der Waals surface area contributed by atoms with Crippen molar-refractivity contribution in [3.05, 3.63) is 35.4 Å². The molecule has 0 amide bonds. The number of hydrogen-bond donors (Lipinski definition) is 0. The Bertz CT molecular complexity index is 684. The molecule has 3 nitrogen and oxygen atoms in total. The summed E-state index contributed by atoms with van der Waals surface area (Å²) in [7, 11) is 0. The van der Waals surface area contributed by atoms with Gasteiger partial charge in [0.25, 0.3) is 0 Å². The van der Waals surface area contributed by atoms with Crippen LogP contribution in [-0.2, 0) is 24.1 Å². The maximum absolute atomic E-state index is 12.9. The summed E-state index contributed by atoms with van der Waals surface area (Å²) in [6.07, 6.45) is -2.41. The van der Waals surface area contributed by atoms with E-state index in [1.165, 1.54) is 12.1 Å². The lowest BCUT2D eigenvalue weighted by molar-refractivity contribution is -0.137. The van der Waals surface area contributed by atoms with Crippen LogP contribution in [0.2, 0.25) is 0 Å². The third-order valence-corrected chi connectivity index (χ3v) is 6.55. The van der Waals surface area contributed by atoms with Gasteiger partial charge in [0.2, 0.25) is 0 Å². The molecular weight excluding hydrogens is 361 g/mol. The van der Waals surface area contributed by atoms with Crippen LogP contribution in [0.15, 0.2) is 28.7 Å². The molecule has 0 spiro atoms. The number of fused-ring (bicyclic) bond motifs is 1. The topological polar surface area (TPSA) is 38.7 Å². The summed E-state index contributed by atoms with van der Waals surface area (Å²) >= 11 is -1.25. The number of nitrogens with zero attached hydrogens (tertiary/aromatic N) is 2. The van der Waals surface area contributed by atoms with Gasteiger partial charge in [-0.1, -0.05) is 22.6 Å². The summed E-state index contributed by atoms with van der Waals surface area (Å²) < 4.78 is 55.1. The largest absolute Gasteiger partial charge is 0.591 e. The Balaban J connectivity index is 1.67. The lowest BCUT2D eigenvalue weighted by Crippen LogP contribution is -2.28. The minimum atomic E-state index is -4.31. The summed E-state index contributed by atoms with van der Waals surface area (Å²) in [4.78, 5) is 2.19. The maximum atomic E-state index is 12.9. The van der Waals surface area contributed by atoms with Crippen molar-refractivity contribution in [2.75, 3.05) is 13.1 Å². The van der Waals surface area contributed by atoms with Crippen LogP contribution in [-0.4, -0.2) is 33.0 Å². The van der Waals surface area contributed by atoms with Gasteiger partial charge in [0.05, 0.1) is 11.3 Å². The molecule has 0 aromatic heterocycles. The molecular formula is C19H25F3N2OS. The fraction of sp³-hybridized carbons (Fsp3) is 0.632. The van der Waals surface area contributed by atoms with Crippen LogP contribution < -0.4 is 0 Å². The molecule has 2 aliphatic rings. The van der Waals surface area contributed by atoms with E-state index in [1.54, 1.807) is 6.07 Å². The van der Waals surface area contributed by atoms with Crippen LogP contribution in [0.25, 0.3) is 0 Å². The lowest BCUT2D eigenvalue weighted by Gasteiger charge is -2.20. The average Bonchev–Trinajstić information content (AvgIpc) is 3.07. The van der Waals surface area contributed by atoms with Crippen LogP contribution in [0, 0.1) is 11.8 Å². The molecule has 1 aliphatic carbocycles. The van der Waals surface area contributed by atoms with E-state index in [9.17, 15) is 17.7 Å². The van der Waals surface area contributed by atoms with E-state index in [4.69, 9.17) is 0 Å². The minimum Gasteiger partial charge on any atom is -0.591 e. The van der Waals surface area contributed by atoms with Crippen molar-refractivity contribution in [2.24, 2.45) is 16.2 Å². The van der Waals surface area contributed by atoms with Crippen molar-refractivity contribution in [3.8, 4) is 0 Å². The summed E-state index contributed by atoms with van der Waals surface area (Å²) in [5, 5.41) is 0. The van der Waals surface area contributed by atoms with Gasteiger partial charge in [-0.05, 0) is 51.2 Å². The zero-order chi connectivity index (χ0) is 19.1. The van der Waals surface area contributed by atoms with E-state index in [-0.39, 0.29) is 10.7 Å². The Morgan fingerprint density at radius 1 is 1.23 bits per heavy atom. The molecule has 1 aliphatic heterocycles. The highest BCUT2D eigenvalue weighted by molar-refractivity contribution is 7.91. The van der Waals surface area contributed by atoms with Crippen molar-refractivity contribution in [1.82, 2.24) is 4.90 Å². The lowest BCUT2D eigenvalue weighted by atomic mass is 10.00. The molecule has 0 bridgehead atoms. The normalized spacial score (nSPS) is 27.1. The number of halogens is 3. The first kappa shape index (κ1) is 19.7. The SMILES string of the molecule is CC(C)(C)[S+]([O-])/N=C1/CC[C@@H]2CN(Cc3cccc(C(F)(F)F)c3)C[C@H]12. The van der Waals surface area contributed by atoms with Gasteiger partial charge in [-0.2, -0.15) is 13.2 Å². The average molecular weight is 386 g/mol. The third kappa shape index (κ3) is 4.43. The van der Waals surface area contributed by atoms with Gasteiger partial charge in [0.1, 0.15) is 16.1 Å². The number of alkyl halides is 3. The Morgan fingerprint density at radius 3 is 2.62 bits per heavy atom. The third-order valence-electron chi connectivity index (χ3n) is 5.10. The molecule has 3 rings (SSSR count). The smallest absolute Gasteiger partial charge is 0.416 e. The predicted octanol–water partition coefficient (Wildman–Crippen LogP) is 4.45. The van der Waals surface area contributed by atoms with Gasteiger partial charge >= 0.3 is 6.18 Å². The highest BCUT2D eigenvalue weighted by atomic mass is 32.2. The van der Waals surface area contributed by atoms with Crippen molar-refractivity contribution in [2.45, 2.75) is 51.1 Å². The zero-order valence-electron chi connectivity index (χ0n) is 15.3. The molecule has 3 atom stereocenters. The highest BCUT2D eigenvalue weighted by Crippen LogP contribution is 2.38. The van der Waals surface area contributed by atoms with Crippen LogP contribution in [0.1, 0.15) is 44.7 Å².